The Morgan fingerprint density at radius 2 is 1.93 bits per heavy atom. The van der Waals surface area contributed by atoms with Crippen molar-refractivity contribution in [2.75, 3.05) is 45.9 Å². The number of amides is 3. The van der Waals surface area contributed by atoms with Crippen molar-refractivity contribution in [2.24, 2.45) is 5.41 Å². The van der Waals surface area contributed by atoms with Crippen molar-refractivity contribution < 1.29 is 28.2 Å². The number of rotatable bonds is 5. The third kappa shape index (κ3) is 6.13. The number of carbonyl (C=O) groups is 3. The molecule has 1 saturated heterocycles. The van der Waals surface area contributed by atoms with Crippen LogP contribution in [0.1, 0.15) is 41.3 Å². The first-order valence-electron chi connectivity index (χ1n) is 15.2. The average Bonchev–Trinajstić information content (AvgIpc) is 3.55. The van der Waals surface area contributed by atoms with Crippen LogP contribution in [-0.2, 0) is 27.3 Å². The van der Waals surface area contributed by atoms with E-state index >= 15 is 0 Å². The third-order valence-electron chi connectivity index (χ3n) is 8.93. The SMILES string of the molecule is Cc1cc(C)n(CCC(=O)N2CCCOc3cccc4c3OC[C@@]3(CNC(=O)C2)CN(C(=O)Cc2cccc(F)c2)C[C@@H]43)n1. The summed E-state index contributed by atoms with van der Waals surface area (Å²) in [6, 6.07) is 13.8. The lowest BCUT2D eigenvalue weighted by molar-refractivity contribution is -0.136. The van der Waals surface area contributed by atoms with Gasteiger partial charge in [-0.2, -0.15) is 5.10 Å². The highest BCUT2D eigenvalue weighted by Gasteiger charge is 2.53. The quantitative estimate of drug-likeness (QED) is 0.481. The van der Waals surface area contributed by atoms with Crippen LogP contribution in [0.2, 0.25) is 0 Å². The molecule has 1 N–H and O–H groups in total. The van der Waals surface area contributed by atoms with Crippen LogP contribution >= 0.6 is 0 Å². The molecule has 4 bridgehead atoms. The van der Waals surface area contributed by atoms with Crippen molar-refractivity contribution in [1.82, 2.24) is 24.9 Å². The van der Waals surface area contributed by atoms with E-state index in [2.05, 4.69) is 10.4 Å². The number of hydrogen-bond donors (Lipinski definition) is 1. The van der Waals surface area contributed by atoms with Crippen LogP contribution in [0.4, 0.5) is 4.39 Å². The summed E-state index contributed by atoms with van der Waals surface area (Å²) in [7, 11) is 0. The minimum Gasteiger partial charge on any atom is -0.490 e. The number of aryl methyl sites for hydroxylation is 3. The van der Waals surface area contributed by atoms with Crippen molar-refractivity contribution in [3.8, 4) is 11.5 Å². The maximum absolute atomic E-state index is 13.8. The molecular formula is C33H38FN5O5. The highest BCUT2D eigenvalue weighted by atomic mass is 19.1. The second-order valence-electron chi connectivity index (χ2n) is 12.2. The lowest BCUT2D eigenvalue weighted by atomic mass is 9.73. The number of ether oxygens (including phenoxy) is 2. The number of hydrogen-bond acceptors (Lipinski definition) is 6. The molecule has 0 aliphatic carbocycles. The van der Waals surface area contributed by atoms with Gasteiger partial charge in [-0.3, -0.25) is 19.1 Å². The normalized spacial score (nSPS) is 21.6. The summed E-state index contributed by atoms with van der Waals surface area (Å²) in [5.74, 6) is 0.309. The van der Waals surface area contributed by atoms with Gasteiger partial charge in [-0.05, 0) is 50.1 Å². The molecule has 2 aromatic carbocycles. The van der Waals surface area contributed by atoms with E-state index in [1.165, 1.54) is 12.1 Å². The molecule has 5 heterocycles. The van der Waals surface area contributed by atoms with Crippen molar-refractivity contribution >= 4 is 17.7 Å². The van der Waals surface area contributed by atoms with Crippen LogP contribution in [0.5, 0.6) is 11.5 Å². The van der Waals surface area contributed by atoms with Gasteiger partial charge in [-0.1, -0.05) is 24.3 Å². The molecule has 2 atom stereocenters. The highest BCUT2D eigenvalue weighted by Crippen LogP contribution is 2.52. The third-order valence-corrected chi connectivity index (χ3v) is 8.93. The molecule has 7 rings (SSSR count). The van der Waals surface area contributed by atoms with Crippen LogP contribution in [-0.4, -0.2) is 83.2 Å². The number of carbonyl (C=O) groups excluding carboxylic acids is 3. The van der Waals surface area contributed by atoms with Crippen LogP contribution in [0.25, 0.3) is 0 Å². The van der Waals surface area contributed by atoms with E-state index in [1.54, 1.807) is 21.9 Å². The van der Waals surface area contributed by atoms with Crippen LogP contribution in [0.15, 0.2) is 48.5 Å². The summed E-state index contributed by atoms with van der Waals surface area (Å²) in [5.41, 5.74) is 2.86. The molecule has 232 valence electrons. The minimum absolute atomic E-state index is 0.0731. The molecule has 3 aromatic rings. The van der Waals surface area contributed by atoms with E-state index in [4.69, 9.17) is 9.47 Å². The summed E-state index contributed by atoms with van der Waals surface area (Å²) < 4.78 is 28.1. The summed E-state index contributed by atoms with van der Waals surface area (Å²) in [4.78, 5) is 43.4. The smallest absolute Gasteiger partial charge is 0.239 e. The van der Waals surface area contributed by atoms with Crippen molar-refractivity contribution in [2.45, 2.75) is 45.6 Å². The molecule has 1 aromatic heterocycles. The molecule has 0 saturated carbocycles. The molecular weight excluding hydrogens is 565 g/mol. The predicted octanol–water partition coefficient (Wildman–Crippen LogP) is 3.00. The topological polar surface area (TPSA) is 106 Å². The standard InChI is InChI=1S/C33H38FN5O5/c1-22-14-23(2)39(36-22)12-10-30(41)37-11-5-13-43-28-9-4-8-26-27-17-38(31(42)16-24-6-3-7-25(34)15-24)20-33(27,21-44-32(26)28)19-35-29(40)18-37/h3-4,6-9,14-15,27H,5,10-13,16-21H2,1-2H3,(H,35,40)/t27-,33+/m0/s1. The first-order chi connectivity index (χ1) is 21.2. The van der Waals surface area contributed by atoms with Gasteiger partial charge >= 0.3 is 0 Å². The number of nitrogens with zero attached hydrogens (tertiary/aromatic N) is 4. The van der Waals surface area contributed by atoms with Crippen molar-refractivity contribution in [1.29, 1.82) is 0 Å². The Kier molecular flexibility index (Phi) is 8.29. The number of para-hydroxylation sites is 1. The zero-order valence-electron chi connectivity index (χ0n) is 25.2. The highest BCUT2D eigenvalue weighted by molar-refractivity contribution is 5.85. The maximum Gasteiger partial charge on any atom is 0.239 e. The van der Waals surface area contributed by atoms with Gasteiger partial charge in [0.1, 0.15) is 5.82 Å². The van der Waals surface area contributed by atoms with Gasteiger partial charge in [0, 0.05) is 61.7 Å². The lowest BCUT2D eigenvalue weighted by Crippen LogP contribution is -2.50. The summed E-state index contributed by atoms with van der Waals surface area (Å²) in [6.07, 6.45) is 0.849. The van der Waals surface area contributed by atoms with E-state index in [1.807, 2.05) is 42.8 Å². The molecule has 44 heavy (non-hydrogen) atoms. The Bertz CT molecular complexity index is 1570. The molecule has 4 aliphatic heterocycles. The van der Waals surface area contributed by atoms with Crippen LogP contribution in [0, 0.1) is 25.1 Å². The van der Waals surface area contributed by atoms with Gasteiger partial charge < -0.3 is 24.6 Å². The molecule has 10 nitrogen and oxygen atoms in total. The first-order valence-corrected chi connectivity index (χ1v) is 15.2. The molecule has 4 aliphatic rings. The van der Waals surface area contributed by atoms with Crippen molar-refractivity contribution in [3.63, 3.8) is 0 Å². The largest absolute Gasteiger partial charge is 0.490 e. The van der Waals surface area contributed by atoms with E-state index in [9.17, 15) is 18.8 Å². The lowest BCUT2D eigenvalue weighted by Gasteiger charge is -2.40. The van der Waals surface area contributed by atoms with E-state index in [0.29, 0.717) is 62.9 Å². The fraction of sp³-hybridized carbons (Fsp3) is 0.455. The minimum atomic E-state index is -0.576. The number of aromatic nitrogens is 2. The number of benzene rings is 2. The van der Waals surface area contributed by atoms with Crippen molar-refractivity contribution in [3.05, 3.63) is 76.9 Å². The number of halogens is 1. The fourth-order valence-corrected chi connectivity index (χ4v) is 6.68. The van der Waals surface area contributed by atoms with E-state index in [0.717, 1.165) is 17.0 Å². The Morgan fingerprint density at radius 3 is 2.73 bits per heavy atom. The monoisotopic (exact) mass is 603 g/mol. The molecule has 1 fully saturated rings. The Labute approximate surface area is 256 Å². The summed E-state index contributed by atoms with van der Waals surface area (Å²) in [6.45, 7) is 6.34. The number of fused-ring (bicyclic) bond motifs is 9. The van der Waals surface area contributed by atoms with Gasteiger partial charge in [0.25, 0.3) is 0 Å². The van der Waals surface area contributed by atoms with Gasteiger partial charge in [0.05, 0.1) is 31.9 Å². The van der Waals surface area contributed by atoms with Gasteiger partial charge in [-0.15, -0.1) is 0 Å². The Balaban J connectivity index is 1.21. The molecule has 0 radical (unpaired) electrons. The van der Waals surface area contributed by atoms with Crippen LogP contribution < -0.4 is 14.8 Å². The average molecular weight is 604 g/mol. The van der Waals surface area contributed by atoms with Crippen LogP contribution in [0.3, 0.4) is 0 Å². The second kappa shape index (κ2) is 12.3. The molecule has 0 unspecified atom stereocenters. The summed E-state index contributed by atoms with van der Waals surface area (Å²) >= 11 is 0. The zero-order chi connectivity index (χ0) is 30.8. The first kappa shape index (κ1) is 29.7. The Morgan fingerprint density at radius 1 is 1.09 bits per heavy atom. The van der Waals surface area contributed by atoms with E-state index in [-0.39, 0.29) is 55.4 Å². The zero-order valence-corrected chi connectivity index (χ0v) is 25.2. The fourth-order valence-electron chi connectivity index (χ4n) is 6.68. The maximum atomic E-state index is 13.8. The number of nitrogens with one attached hydrogen (secondary N) is 1. The predicted molar refractivity (Wildman–Crippen MR) is 160 cm³/mol. The van der Waals surface area contributed by atoms with Gasteiger partial charge in [-0.25, -0.2) is 4.39 Å². The molecule has 1 spiro atoms. The summed E-state index contributed by atoms with van der Waals surface area (Å²) in [5, 5.41) is 7.52. The van der Waals surface area contributed by atoms with E-state index < -0.39 is 5.41 Å². The Hall–Kier alpha value is -4.41. The molecule has 11 heteroatoms. The molecule has 3 amide bonds. The van der Waals surface area contributed by atoms with Gasteiger partial charge in [0.15, 0.2) is 11.5 Å². The second-order valence-corrected chi connectivity index (χ2v) is 12.2. The number of likely N-dealkylation sites (tertiary alicyclic amines) is 1. The van der Waals surface area contributed by atoms with Gasteiger partial charge in [0.2, 0.25) is 17.7 Å².